The van der Waals surface area contributed by atoms with Crippen molar-refractivity contribution < 1.29 is 0 Å². The van der Waals surface area contributed by atoms with Crippen molar-refractivity contribution in [2.45, 2.75) is 23.7 Å². The molecule has 1 aromatic rings. The van der Waals surface area contributed by atoms with Crippen molar-refractivity contribution in [1.82, 2.24) is 0 Å². The first-order valence-corrected chi connectivity index (χ1v) is 6.80. The molecule has 1 atom stereocenters. The van der Waals surface area contributed by atoms with Crippen molar-refractivity contribution in [1.29, 1.82) is 0 Å². The van der Waals surface area contributed by atoms with Gasteiger partial charge in [0, 0.05) is 16.0 Å². The Morgan fingerprint density at radius 1 is 1.38 bits per heavy atom. The van der Waals surface area contributed by atoms with Crippen molar-refractivity contribution in [3.63, 3.8) is 0 Å². The summed E-state index contributed by atoms with van der Waals surface area (Å²) in [5.41, 5.74) is 1.58. The Kier molecular flexibility index (Phi) is 3.33. The lowest BCUT2D eigenvalue weighted by Crippen LogP contribution is -1.96. The maximum absolute atomic E-state index is 3.49. The molecule has 0 saturated carbocycles. The Morgan fingerprint density at radius 2 is 2.23 bits per heavy atom. The Morgan fingerprint density at radius 3 is 3.08 bits per heavy atom. The number of hydrogen-bond acceptors (Lipinski definition) is 1. The summed E-state index contributed by atoms with van der Waals surface area (Å²) in [6.45, 7) is 0. The van der Waals surface area contributed by atoms with Crippen LogP contribution < -0.4 is 0 Å². The molecule has 13 heavy (non-hydrogen) atoms. The van der Waals surface area contributed by atoms with Gasteiger partial charge in [-0.25, -0.2) is 0 Å². The highest BCUT2D eigenvalue weighted by atomic mass is 79.9. The fourth-order valence-electron chi connectivity index (χ4n) is 1.79. The summed E-state index contributed by atoms with van der Waals surface area (Å²) in [5.74, 6) is 2.09. The van der Waals surface area contributed by atoms with Gasteiger partial charge in [0.2, 0.25) is 0 Å². The zero-order valence-electron chi connectivity index (χ0n) is 7.50. The fraction of sp³-hybridized carbons (Fsp3) is 0.455. The van der Waals surface area contributed by atoms with E-state index >= 15 is 0 Å². The minimum atomic E-state index is 0.804. The van der Waals surface area contributed by atoms with E-state index in [9.17, 15) is 0 Å². The predicted octanol–water partition coefficient (Wildman–Crippen LogP) is 4.05. The second-order valence-electron chi connectivity index (χ2n) is 3.38. The van der Waals surface area contributed by atoms with Crippen LogP contribution in [0.2, 0.25) is 0 Å². The van der Waals surface area contributed by atoms with Gasteiger partial charge in [0.05, 0.1) is 0 Å². The van der Waals surface area contributed by atoms with Gasteiger partial charge in [-0.05, 0) is 30.4 Å². The largest absolute Gasteiger partial charge is 0.125 e. The van der Waals surface area contributed by atoms with Crippen LogP contribution in [0.15, 0.2) is 29.2 Å². The van der Waals surface area contributed by atoms with Crippen LogP contribution in [-0.2, 0) is 0 Å². The molecular weight excluding hydrogens is 244 g/mol. The lowest BCUT2D eigenvalue weighted by atomic mass is 9.97. The van der Waals surface area contributed by atoms with Crippen LogP contribution in [0, 0.1) is 0 Å². The van der Waals surface area contributed by atoms with Gasteiger partial charge in [-0.1, -0.05) is 34.1 Å². The van der Waals surface area contributed by atoms with E-state index in [1.165, 1.54) is 23.5 Å². The lowest BCUT2D eigenvalue weighted by Gasteiger charge is -2.08. The smallest absolute Gasteiger partial charge is 0.0107 e. The van der Waals surface area contributed by atoms with E-state index in [2.05, 4.69) is 40.2 Å². The molecule has 0 bridgehead atoms. The molecule has 0 aromatic heterocycles. The third-order valence-corrected chi connectivity index (χ3v) is 4.30. The van der Waals surface area contributed by atoms with E-state index in [-0.39, 0.29) is 0 Å². The lowest BCUT2D eigenvalue weighted by molar-refractivity contribution is 0.681. The number of thioether (sulfide) groups is 1. The van der Waals surface area contributed by atoms with Gasteiger partial charge in [-0.15, -0.1) is 11.8 Å². The van der Waals surface area contributed by atoms with Crippen molar-refractivity contribution in [2.24, 2.45) is 0 Å². The van der Waals surface area contributed by atoms with E-state index in [1.54, 1.807) is 5.56 Å². The van der Waals surface area contributed by atoms with Gasteiger partial charge >= 0.3 is 0 Å². The van der Waals surface area contributed by atoms with E-state index < -0.39 is 0 Å². The molecule has 0 N–H and O–H groups in total. The van der Waals surface area contributed by atoms with Crippen LogP contribution in [0.25, 0.3) is 0 Å². The zero-order valence-corrected chi connectivity index (χ0v) is 9.90. The first kappa shape index (κ1) is 9.60. The van der Waals surface area contributed by atoms with Crippen LogP contribution in [0.4, 0.5) is 0 Å². The van der Waals surface area contributed by atoms with E-state index in [1.807, 2.05) is 11.8 Å². The van der Waals surface area contributed by atoms with Crippen LogP contribution in [0.5, 0.6) is 0 Å². The van der Waals surface area contributed by atoms with Crippen molar-refractivity contribution >= 4 is 27.7 Å². The van der Waals surface area contributed by atoms with E-state index in [0.717, 1.165) is 11.2 Å². The molecular formula is C11H13BrS. The molecule has 70 valence electrons. The SMILES string of the molecule is BrCCCC1CSc2ccccc21. The van der Waals surface area contributed by atoms with Crippen molar-refractivity contribution in [3.8, 4) is 0 Å². The van der Waals surface area contributed by atoms with Crippen LogP contribution in [-0.4, -0.2) is 11.1 Å². The minimum Gasteiger partial charge on any atom is -0.125 e. The first-order chi connectivity index (χ1) is 6.42. The Balaban J connectivity index is 2.09. The summed E-state index contributed by atoms with van der Waals surface area (Å²) in [6.07, 6.45) is 2.62. The standard InChI is InChI=1S/C11H13BrS/c12-7-3-4-9-8-13-11-6-2-1-5-10(9)11/h1-2,5-6,9H,3-4,7-8H2. The third-order valence-electron chi connectivity index (χ3n) is 2.49. The second kappa shape index (κ2) is 4.52. The summed E-state index contributed by atoms with van der Waals surface area (Å²) in [5, 5.41) is 1.14. The third kappa shape index (κ3) is 2.10. The molecule has 0 amide bonds. The topological polar surface area (TPSA) is 0 Å². The number of rotatable bonds is 3. The minimum absolute atomic E-state index is 0.804. The monoisotopic (exact) mass is 256 g/mol. The Hall–Kier alpha value is 0.0500. The summed E-state index contributed by atoms with van der Waals surface area (Å²) in [6, 6.07) is 8.83. The molecule has 0 spiro atoms. The van der Waals surface area contributed by atoms with Crippen LogP contribution in [0.3, 0.4) is 0 Å². The maximum Gasteiger partial charge on any atom is 0.0107 e. The quantitative estimate of drug-likeness (QED) is 0.736. The average Bonchev–Trinajstić information content (AvgIpc) is 2.58. The van der Waals surface area contributed by atoms with Gasteiger partial charge < -0.3 is 0 Å². The first-order valence-electron chi connectivity index (χ1n) is 4.69. The zero-order chi connectivity index (χ0) is 9.10. The second-order valence-corrected chi connectivity index (χ2v) is 5.23. The predicted molar refractivity (Wildman–Crippen MR) is 62.9 cm³/mol. The molecule has 1 aliphatic heterocycles. The molecule has 0 radical (unpaired) electrons. The van der Waals surface area contributed by atoms with Gasteiger partial charge in [0.1, 0.15) is 0 Å². The summed E-state index contributed by atoms with van der Waals surface area (Å²) in [7, 11) is 0. The molecule has 0 nitrogen and oxygen atoms in total. The Labute approximate surface area is 92.2 Å². The van der Waals surface area contributed by atoms with E-state index in [4.69, 9.17) is 0 Å². The van der Waals surface area contributed by atoms with Crippen molar-refractivity contribution in [3.05, 3.63) is 29.8 Å². The average molecular weight is 257 g/mol. The molecule has 0 fully saturated rings. The molecule has 0 saturated heterocycles. The van der Waals surface area contributed by atoms with E-state index in [0.29, 0.717) is 0 Å². The van der Waals surface area contributed by atoms with Gasteiger partial charge in [-0.2, -0.15) is 0 Å². The molecule has 1 aliphatic rings. The van der Waals surface area contributed by atoms with Gasteiger partial charge in [0.15, 0.2) is 0 Å². The molecule has 1 unspecified atom stereocenters. The molecule has 1 heterocycles. The summed E-state index contributed by atoms with van der Waals surface area (Å²) >= 11 is 5.50. The molecule has 2 rings (SSSR count). The summed E-state index contributed by atoms with van der Waals surface area (Å²) < 4.78 is 0. The van der Waals surface area contributed by atoms with Crippen molar-refractivity contribution in [2.75, 3.05) is 11.1 Å². The Bertz CT molecular complexity index is 285. The molecule has 0 aliphatic carbocycles. The molecule has 2 heteroatoms. The fourth-order valence-corrected chi connectivity index (χ4v) is 3.42. The van der Waals surface area contributed by atoms with Gasteiger partial charge in [-0.3, -0.25) is 0 Å². The number of benzene rings is 1. The highest BCUT2D eigenvalue weighted by Crippen LogP contribution is 2.41. The number of halogens is 1. The van der Waals surface area contributed by atoms with Crippen LogP contribution in [0.1, 0.15) is 24.3 Å². The highest BCUT2D eigenvalue weighted by molar-refractivity contribution is 9.09. The molecule has 1 aromatic carbocycles. The summed E-state index contributed by atoms with van der Waals surface area (Å²) in [4.78, 5) is 1.50. The number of fused-ring (bicyclic) bond motifs is 1. The van der Waals surface area contributed by atoms with Crippen LogP contribution >= 0.6 is 27.7 Å². The number of alkyl halides is 1. The highest BCUT2D eigenvalue weighted by Gasteiger charge is 2.21. The number of hydrogen-bond donors (Lipinski definition) is 0. The maximum atomic E-state index is 3.49. The normalized spacial score (nSPS) is 20.2. The van der Waals surface area contributed by atoms with Gasteiger partial charge in [0.25, 0.3) is 0 Å².